The van der Waals surface area contributed by atoms with Crippen molar-refractivity contribution in [1.29, 1.82) is 5.26 Å². The number of carbonyl (C=O) groups excluding carboxylic acids is 1. The second-order valence-corrected chi connectivity index (χ2v) is 11.2. The number of rotatable bonds is 3. The lowest BCUT2D eigenvalue weighted by Crippen LogP contribution is -2.42. The average molecular weight is 472 g/mol. The van der Waals surface area contributed by atoms with Gasteiger partial charge in [-0.15, -0.1) is 23.1 Å². The van der Waals surface area contributed by atoms with Crippen molar-refractivity contribution in [2.45, 2.75) is 43.7 Å². The van der Waals surface area contributed by atoms with Crippen molar-refractivity contribution in [2.75, 3.05) is 11.2 Å². The van der Waals surface area contributed by atoms with Crippen LogP contribution in [0.5, 0.6) is 0 Å². The monoisotopic (exact) mass is 471 g/mol. The zero-order valence-corrected chi connectivity index (χ0v) is 19.9. The molecule has 2 heterocycles. The first-order valence-corrected chi connectivity index (χ1v) is 12.2. The fraction of sp³-hybridized carbons (Fsp3) is 0.333. The number of thioether (sulfide) groups is 1. The summed E-state index contributed by atoms with van der Waals surface area (Å²) in [6.07, 6.45) is 2.63. The molecule has 1 aliphatic carbocycles. The highest BCUT2D eigenvalue weighted by atomic mass is 32.2. The molecule has 0 saturated carbocycles. The third-order valence-electron chi connectivity index (χ3n) is 5.89. The lowest BCUT2D eigenvalue weighted by molar-refractivity contribution is -0.118. The number of ketones is 1. The van der Waals surface area contributed by atoms with Gasteiger partial charge < -0.3 is 5.73 Å². The first-order valence-electron chi connectivity index (χ1n) is 10.1. The Morgan fingerprint density at radius 1 is 1.28 bits per heavy atom. The van der Waals surface area contributed by atoms with Gasteiger partial charge in [0.2, 0.25) is 0 Å². The molecular formula is C24H23F2N3OS2. The van der Waals surface area contributed by atoms with E-state index in [2.05, 4.69) is 6.07 Å². The van der Waals surface area contributed by atoms with Crippen molar-refractivity contribution >= 4 is 34.6 Å². The SMILES string of the molecule is CSc1sc(C)cc1C1C(C#N)=C(N)N(c2c(F)cccc2F)C2=C1C(=O)CC(C)(C)C2. The molecule has 2 N–H and O–H groups in total. The number of nitrogens with zero attached hydrogens (tertiary/aromatic N) is 2. The number of carbonyl (C=O) groups is 1. The van der Waals surface area contributed by atoms with E-state index in [4.69, 9.17) is 5.73 Å². The van der Waals surface area contributed by atoms with Crippen molar-refractivity contribution in [3.05, 3.63) is 69.0 Å². The van der Waals surface area contributed by atoms with Crippen LogP contribution in [0, 0.1) is 35.3 Å². The third kappa shape index (κ3) is 3.54. The van der Waals surface area contributed by atoms with Gasteiger partial charge >= 0.3 is 0 Å². The number of Topliss-reactive ketones (excluding diaryl/α,β-unsaturated/α-hetero) is 1. The minimum Gasteiger partial charge on any atom is -0.384 e. The molecular weight excluding hydrogens is 448 g/mol. The summed E-state index contributed by atoms with van der Waals surface area (Å²) in [5.74, 6) is -2.43. The fourth-order valence-corrected chi connectivity index (χ4v) is 6.56. The van der Waals surface area contributed by atoms with Gasteiger partial charge in [0.25, 0.3) is 0 Å². The number of nitriles is 1. The summed E-state index contributed by atoms with van der Waals surface area (Å²) >= 11 is 3.13. The summed E-state index contributed by atoms with van der Waals surface area (Å²) in [5.41, 5.74) is 7.54. The number of hydrogen-bond donors (Lipinski definition) is 1. The Morgan fingerprint density at radius 2 is 1.94 bits per heavy atom. The van der Waals surface area contributed by atoms with E-state index in [1.807, 2.05) is 33.1 Å². The van der Waals surface area contributed by atoms with E-state index in [-0.39, 0.29) is 29.3 Å². The van der Waals surface area contributed by atoms with E-state index in [1.54, 1.807) is 23.1 Å². The lowest BCUT2D eigenvalue weighted by Gasteiger charge is -2.43. The van der Waals surface area contributed by atoms with Crippen LogP contribution in [-0.2, 0) is 4.79 Å². The summed E-state index contributed by atoms with van der Waals surface area (Å²) in [5, 5.41) is 10.1. The molecule has 166 valence electrons. The number of benzene rings is 1. The van der Waals surface area contributed by atoms with E-state index < -0.39 is 23.0 Å². The van der Waals surface area contributed by atoms with Gasteiger partial charge in [-0.3, -0.25) is 9.69 Å². The first kappa shape index (κ1) is 22.6. The maximum atomic E-state index is 14.9. The van der Waals surface area contributed by atoms with Gasteiger partial charge in [0.15, 0.2) is 5.78 Å². The minimum atomic E-state index is -0.803. The van der Waals surface area contributed by atoms with Crippen LogP contribution in [0.2, 0.25) is 0 Å². The lowest BCUT2D eigenvalue weighted by atomic mass is 9.69. The van der Waals surface area contributed by atoms with Gasteiger partial charge in [-0.1, -0.05) is 19.9 Å². The van der Waals surface area contributed by atoms with E-state index in [9.17, 15) is 18.8 Å². The molecule has 8 heteroatoms. The zero-order valence-electron chi connectivity index (χ0n) is 18.3. The topological polar surface area (TPSA) is 70.1 Å². The summed E-state index contributed by atoms with van der Waals surface area (Å²) in [7, 11) is 0. The van der Waals surface area contributed by atoms with Gasteiger partial charge in [0.1, 0.15) is 23.1 Å². The molecule has 1 aliphatic heterocycles. The van der Waals surface area contributed by atoms with Gasteiger partial charge in [0, 0.05) is 22.6 Å². The van der Waals surface area contributed by atoms with E-state index >= 15 is 0 Å². The molecule has 1 aromatic carbocycles. The standard InChI is InChI=1S/C24H23F2N3OS2/c1-12-8-13(23(31-4)32-12)19-14(11-27)22(28)29(21-15(25)6-5-7-16(21)26)17-9-24(2,3)10-18(30)20(17)19/h5-8,19H,9-10,28H2,1-4H3. The average Bonchev–Trinajstić information content (AvgIpc) is 3.08. The first-order chi connectivity index (χ1) is 15.1. The number of nitrogens with two attached hydrogens (primary N) is 1. The summed E-state index contributed by atoms with van der Waals surface area (Å²) < 4.78 is 30.7. The molecule has 0 radical (unpaired) electrons. The number of thiophene rings is 1. The Balaban J connectivity index is 2.07. The predicted octanol–water partition coefficient (Wildman–Crippen LogP) is 6.00. The van der Waals surface area contributed by atoms with Crippen LogP contribution in [0.3, 0.4) is 0 Å². The van der Waals surface area contributed by atoms with E-state index in [0.29, 0.717) is 17.7 Å². The van der Waals surface area contributed by atoms with Crippen molar-refractivity contribution < 1.29 is 13.6 Å². The minimum absolute atomic E-state index is 0.0401. The van der Waals surface area contributed by atoms with Crippen molar-refractivity contribution in [2.24, 2.45) is 11.1 Å². The highest BCUT2D eigenvalue weighted by molar-refractivity contribution is 8.00. The molecule has 0 bridgehead atoms. The second-order valence-electron chi connectivity index (χ2n) is 8.85. The summed E-state index contributed by atoms with van der Waals surface area (Å²) in [6.45, 7) is 5.86. The molecule has 4 rings (SSSR count). The molecule has 1 unspecified atom stereocenters. The van der Waals surface area contributed by atoms with Crippen molar-refractivity contribution in [1.82, 2.24) is 0 Å². The molecule has 0 spiro atoms. The van der Waals surface area contributed by atoms with Crippen LogP contribution in [-0.4, -0.2) is 12.0 Å². The van der Waals surface area contributed by atoms with Crippen molar-refractivity contribution in [3.63, 3.8) is 0 Å². The maximum Gasteiger partial charge on any atom is 0.162 e. The Hall–Kier alpha value is -2.63. The highest BCUT2D eigenvalue weighted by Crippen LogP contribution is 2.52. The molecule has 2 aliphatic rings. The molecule has 32 heavy (non-hydrogen) atoms. The van der Waals surface area contributed by atoms with Gasteiger partial charge in [-0.25, -0.2) is 8.78 Å². The zero-order chi connectivity index (χ0) is 23.4. The van der Waals surface area contributed by atoms with E-state index in [1.165, 1.54) is 11.0 Å². The van der Waals surface area contributed by atoms with Crippen LogP contribution < -0.4 is 10.6 Å². The number of halogens is 2. The Bertz CT molecular complexity index is 1220. The molecule has 1 atom stereocenters. The number of anilines is 1. The largest absolute Gasteiger partial charge is 0.384 e. The number of allylic oxidation sites excluding steroid dienone is 3. The van der Waals surface area contributed by atoms with Gasteiger partial charge in [0.05, 0.1) is 21.8 Å². The number of hydrogen-bond acceptors (Lipinski definition) is 6. The summed E-state index contributed by atoms with van der Waals surface area (Å²) in [6, 6.07) is 7.70. The van der Waals surface area contributed by atoms with Gasteiger partial charge in [-0.05, 0) is 48.8 Å². The number of aryl methyl sites for hydroxylation is 1. The van der Waals surface area contributed by atoms with Crippen LogP contribution in [0.1, 0.15) is 43.0 Å². The Morgan fingerprint density at radius 3 is 2.53 bits per heavy atom. The van der Waals surface area contributed by atoms with Crippen LogP contribution in [0.4, 0.5) is 14.5 Å². The van der Waals surface area contributed by atoms with Crippen LogP contribution in [0.25, 0.3) is 0 Å². The molecule has 0 saturated heterocycles. The van der Waals surface area contributed by atoms with Crippen LogP contribution in [0.15, 0.2) is 51.1 Å². The Labute approximate surface area is 194 Å². The maximum absolute atomic E-state index is 14.9. The highest BCUT2D eigenvalue weighted by Gasteiger charge is 2.46. The van der Waals surface area contributed by atoms with Crippen LogP contribution >= 0.6 is 23.1 Å². The molecule has 1 aromatic heterocycles. The normalized spacial score (nSPS) is 20.5. The molecule has 2 aromatic rings. The Kier molecular flexibility index (Phi) is 5.68. The summed E-state index contributed by atoms with van der Waals surface area (Å²) in [4.78, 5) is 15.8. The second kappa shape index (κ2) is 8.05. The quantitative estimate of drug-likeness (QED) is 0.556. The molecule has 0 amide bonds. The predicted molar refractivity (Wildman–Crippen MR) is 124 cm³/mol. The third-order valence-corrected chi connectivity index (χ3v) is 8.10. The fourth-order valence-electron chi connectivity index (χ4n) is 4.65. The number of para-hydroxylation sites is 1. The van der Waals surface area contributed by atoms with Crippen molar-refractivity contribution in [3.8, 4) is 6.07 Å². The van der Waals surface area contributed by atoms with E-state index in [0.717, 1.165) is 26.8 Å². The molecule has 0 fully saturated rings. The smallest absolute Gasteiger partial charge is 0.162 e. The van der Waals surface area contributed by atoms with Gasteiger partial charge in [-0.2, -0.15) is 5.26 Å². The molecule has 4 nitrogen and oxygen atoms in total.